The first-order valence-electron chi connectivity index (χ1n) is 3.43. The molecule has 0 aliphatic heterocycles. The Hall–Kier alpha value is -0.610. The molecule has 0 rings (SSSR count). The highest BCUT2D eigenvalue weighted by molar-refractivity contribution is 5.74. The van der Waals surface area contributed by atoms with Gasteiger partial charge < -0.3 is 15.9 Å². The maximum atomic E-state index is 10.3. The molecule has 0 aromatic carbocycles. The molecule has 0 radical (unpaired) electrons. The van der Waals surface area contributed by atoms with Gasteiger partial charge in [-0.05, 0) is 5.41 Å². The van der Waals surface area contributed by atoms with Gasteiger partial charge >= 0.3 is 5.97 Å². The number of carbonyl (C=O) groups is 1. The Bertz CT molecular complexity index is 150. The van der Waals surface area contributed by atoms with Crippen molar-refractivity contribution in [2.45, 2.75) is 32.9 Å². The molecule has 0 saturated carbocycles. The topological polar surface area (TPSA) is 83.5 Å². The molecule has 0 amide bonds. The quantitative estimate of drug-likeness (QED) is 0.524. The number of carboxylic acids is 1. The first-order valence-corrected chi connectivity index (χ1v) is 3.43. The van der Waals surface area contributed by atoms with Gasteiger partial charge in [0.2, 0.25) is 0 Å². The monoisotopic (exact) mass is 161 g/mol. The van der Waals surface area contributed by atoms with Gasteiger partial charge in [-0.1, -0.05) is 20.8 Å². The van der Waals surface area contributed by atoms with E-state index in [9.17, 15) is 9.90 Å². The van der Waals surface area contributed by atoms with Crippen LogP contribution in [0.2, 0.25) is 0 Å². The van der Waals surface area contributed by atoms with E-state index >= 15 is 0 Å². The summed E-state index contributed by atoms with van der Waals surface area (Å²) in [5.41, 5.74) is 4.71. The van der Waals surface area contributed by atoms with Crippen molar-refractivity contribution in [2.75, 3.05) is 0 Å². The fourth-order valence-corrected chi connectivity index (χ4v) is 0.674. The smallest absolute Gasteiger partial charge is 0.323 e. The van der Waals surface area contributed by atoms with Crippen molar-refractivity contribution in [3.05, 3.63) is 0 Å². The van der Waals surface area contributed by atoms with E-state index in [0.29, 0.717) is 0 Å². The molecule has 4 nitrogen and oxygen atoms in total. The lowest BCUT2D eigenvalue weighted by Gasteiger charge is -2.28. The fraction of sp³-hybridized carbons (Fsp3) is 0.857. The Labute approximate surface area is 66.0 Å². The van der Waals surface area contributed by atoms with Crippen molar-refractivity contribution in [3.63, 3.8) is 0 Å². The van der Waals surface area contributed by atoms with Crippen LogP contribution in [0.3, 0.4) is 0 Å². The number of hydrogen-bond donors (Lipinski definition) is 3. The van der Waals surface area contributed by atoms with Gasteiger partial charge in [-0.15, -0.1) is 0 Å². The second-order valence-corrected chi connectivity index (χ2v) is 3.67. The van der Waals surface area contributed by atoms with E-state index in [0.717, 1.165) is 0 Å². The molecule has 0 spiro atoms. The first-order chi connectivity index (χ1) is 4.76. The van der Waals surface area contributed by atoms with Crippen molar-refractivity contribution in [2.24, 2.45) is 11.1 Å². The SMILES string of the molecule is CC(C)(C)[C@@H](O)C(N)C(=O)O. The van der Waals surface area contributed by atoms with Gasteiger partial charge in [0.15, 0.2) is 0 Å². The Kier molecular flexibility index (Phi) is 3.02. The van der Waals surface area contributed by atoms with Crippen LogP contribution in [0.1, 0.15) is 20.8 Å². The predicted molar refractivity (Wildman–Crippen MR) is 41.1 cm³/mol. The summed E-state index contributed by atoms with van der Waals surface area (Å²) in [6.07, 6.45) is -1.01. The minimum absolute atomic E-state index is 0.488. The van der Waals surface area contributed by atoms with Crippen LogP contribution in [0.5, 0.6) is 0 Å². The second-order valence-electron chi connectivity index (χ2n) is 3.67. The van der Waals surface area contributed by atoms with Crippen molar-refractivity contribution < 1.29 is 15.0 Å². The summed E-state index contributed by atoms with van der Waals surface area (Å²) < 4.78 is 0. The molecule has 0 aromatic heterocycles. The number of aliphatic hydroxyl groups excluding tert-OH is 1. The Morgan fingerprint density at radius 3 is 1.91 bits per heavy atom. The van der Waals surface area contributed by atoms with Gasteiger partial charge in [0.25, 0.3) is 0 Å². The maximum absolute atomic E-state index is 10.3. The van der Waals surface area contributed by atoms with Crippen LogP contribution in [0, 0.1) is 5.41 Å². The third-order valence-corrected chi connectivity index (χ3v) is 1.51. The zero-order valence-corrected chi connectivity index (χ0v) is 7.03. The highest BCUT2D eigenvalue weighted by Crippen LogP contribution is 2.20. The molecule has 0 fully saturated rings. The Morgan fingerprint density at radius 2 is 1.82 bits per heavy atom. The predicted octanol–water partition coefficient (Wildman–Crippen LogP) is -0.195. The lowest BCUT2D eigenvalue weighted by molar-refractivity contribution is -0.143. The molecule has 4 N–H and O–H groups in total. The van der Waals surface area contributed by atoms with Gasteiger partial charge in [0.1, 0.15) is 6.04 Å². The van der Waals surface area contributed by atoms with Crippen LogP contribution in [-0.2, 0) is 4.79 Å². The van der Waals surface area contributed by atoms with Gasteiger partial charge in [-0.2, -0.15) is 0 Å². The Balaban J connectivity index is 4.25. The van der Waals surface area contributed by atoms with Crippen LogP contribution >= 0.6 is 0 Å². The first kappa shape index (κ1) is 10.4. The highest BCUT2D eigenvalue weighted by Gasteiger charge is 2.32. The van der Waals surface area contributed by atoms with E-state index in [1.165, 1.54) is 0 Å². The van der Waals surface area contributed by atoms with Gasteiger partial charge in [0.05, 0.1) is 6.10 Å². The molecule has 0 aromatic rings. The van der Waals surface area contributed by atoms with E-state index in [2.05, 4.69) is 0 Å². The molecule has 4 heteroatoms. The largest absolute Gasteiger partial charge is 0.480 e. The molecule has 0 bridgehead atoms. The molecular weight excluding hydrogens is 146 g/mol. The van der Waals surface area contributed by atoms with E-state index < -0.39 is 23.5 Å². The number of rotatable bonds is 2. The van der Waals surface area contributed by atoms with Crippen molar-refractivity contribution in [1.29, 1.82) is 0 Å². The summed E-state index contributed by atoms with van der Waals surface area (Å²) in [7, 11) is 0. The molecule has 0 heterocycles. The third kappa shape index (κ3) is 2.86. The summed E-state index contributed by atoms with van der Waals surface area (Å²) in [4.78, 5) is 10.3. The van der Waals surface area contributed by atoms with Crippen LogP contribution < -0.4 is 5.73 Å². The second kappa shape index (κ2) is 3.19. The summed E-state index contributed by atoms with van der Waals surface area (Å²) >= 11 is 0. The summed E-state index contributed by atoms with van der Waals surface area (Å²) in [5, 5.41) is 17.7. The number of hydrogen-bond acceptors (Lipinski definition) is 3. The highest BCUT2D eigenvalue weighted by atomic mass is 16.4. The third-order valence-electron chi connectivity index (χ3n) is 1.51. The van der Waals surface area contributed by atoms with Crippen LogP contribution in [0.4, 0.5) is 0 Å². The molecule has 1 unspecified atom stereocenters. The van der Waals surface area contributed by atoms with Gasteiger partial charge in [-0.25, -0.2) is 0 Å². The molecule has 0 saturated heterocycles. The molecule has 2 atom stereocenters. The normalized spacial score (nSPS) is 17.5. The Morgan fingerprint density at radius 1 is 1.45 bits per heavy atom. The zero-order valence-electron chi connectivity index (χ0n) is 7.03. The number of aliphatic carboxylic acids is 1. The zero-order chi connectivity index (χ0) is 9.23. The maximum Gasteiger partial charge on any atom is 0.323 e. The minimum atomic E-state index is -1.20. The molecule has 0 aliphatic rings. The summed E-state index contributed by atoms with van der Waals surface area (Å²) in [6, 6.07) is -1.20. The van der Waals surface area contributed by atoms with Crippen LogP contribution in [-0.4, -0.2) is 28.3 Å². The van der Waals surface area contributed by atoms with Gasteiger partial charge in [-0.3, -0.25) is 4.79 Å². The molecule has 0 aliphatic carbocycles. The lowest BCUT2D eigenvalue weighted by Crippen LogP contribution is -2.48. The van der Waals surface area contributed by atoms with E-state index in [1.54, 1.807) is 20.8 Å². The van der Waals surface area contributed by atoms with Crippen molar-refractivity contribution in [3.8, 4) is 0 Å². The van der Waals surface area contributed by atoms with E-state index in [1.807, 2.05) is 0 Å². The molecule has 11 heavy (non-hydrogen) atoms. The fourth-order valence-electron chi connectivity index (χ4n) is 0.674. The van der Waals surface area contributed by atoms with Crippen molar-refractivity contribution >= 4 is 5.97 Å². The number of carboxylic acid groups (broad SMARTS) is 1. The van der Waals surface area contributed by atoms with Crippen molar-refractivity contribution in [1.82, 2.24) is 0 Å². The molecule has 66 valence electrons. The number of aliphatic hydroxyl groups is 1. The average molecular weight is 161 g/mol. The lowest BCUT2D eigenvalue weighted by atomic mass is 9.85. The average Bonchev–Trinajstić information content (AvgIpc) is 1.82. The van der Waals surface area contributed by atoms with Crippen LogP contribution in [0.15, 0.2) is 0 Å². The number of nitrogens with two attached hydrogens (primary N) is 1. The summed E-state index contributed by atoms with van der Waals surface area (Å²) in [6.45, 7) is 5.21. The standard InChI is InChI=1S/C7H15NO3/c1-7(2,3)5(9)4(8)6(10)11/h4-5,9H,8H2,1-3H3,(H,10,11)/t4?,5-/m0/s1. The van der Waals surface area contributed by atoms with E-state index in [4.69, 9.17) is 10.8 Å². The molecular formula is C7H15NO3. The van der Waals surface area contributed by atoms with Gasteiger partial charge in [0, 0.05) is 0 Å². The minimum Gasteiger partial charge on any atom is -0.480 e. The van der Waals surface area contributed by atoms with E-state index in [-0.39, 0.29) is 0 Å². The van der Waals surface area contributed by atoms with Crippen LogP contribution in [0.25, 0.3) is 0 Å². The summed E-state index contributed by atoms with van der Waals surface area (Å²) in [5.74, 6) is -1.17.